The van der Waals surface area contributed by atoms with E-state index in [1.54, 1.807) is 18.2 Å². The van der Waals surface area contributed by atoms with E-state index in [0.29, 0.717) is 6.54 Å². The summed E-state index contributed by atoms with van der Waals surface area (Å²) in [7, 11) is -3.58. The molecule has 0 spiro atoms. The van der Waals surface area contributed by atoms with Crippen LogP contribution in [-0.4, -0.2) is 25.3 Å². The predicted molar refractivity (Wildman–Crippen MR) is 73.1 cm³/mol. The standard InChI is InChI=1S/C12H17ClN2O2S/c1-2-9-5-4-8-15(9)18(16,17)12-10(13)6-3-7-11(12)14/h3,6-7,9H,2,4-5,8,14H2,1H3. The SMILES string of the molecule is CCC1CCCN1S(=O)(=O)c1c(N)cccc1Cl. The van der Waals surface area contributed by atoms with Gasteiger partial charge in [0.2, 0.25) is 10.0 Å². The van der Waals surface area contributed by atoms with Crippen LogP contribution in [0.3, 0.4) is 0 Å². The first kappa shape index (κ1) is 13.6. The van der Waals surface area contributed by atoms with Crippen LogP contribution >= 0.6 is 11.6 Å². The molecule has 0 radical (unpaired) electrons. The summed E-state index contributed by atoms with van der Waals surface area (Å²) in [5.74, 6) is 0. The summed E-state index contributed by atoms with van der Waals surface area (Å²) in [6.45, 7) is 2.54. The minimum absolute atomic E-state index is 0.0482. The third-order valence-corrected chi connectivity index (χ3v) is 5.86. The van der Waals surface area contributed by atoms with Crippen molar-refractivity contribution in [3.63, 3.8) is 0 Å². The second kappa shape index (κ2) is 5.07. The Morgan fingerprint density at radius 3 is 2.83 bits per heavy atom. The largest absolute Gasteiger partial charge is 0.398 e. The summed E-state index contributed by atoms with van der Waals surface area (Å²) in [5.41, 5.74) is 5.98. The fraction of sp³-hybridized carbons (Fsp3) is 0.500. The number of hydrogen-bond donors (Lipinski definition) is 1. The van der Waals surface area contributed by atoms with E-state index >= 15 is 0 Å². The van der Waals surface area contributed by atoms with Gasteiger partial charge in [0.05, 0.1) is 10.7 Å². The van der Waals surface area contributed by atoms with Crippen molar-refractivity contribution in [3.8, 4) is 0 Å². The zero-order valence-electron chi connectivity index (χ0n) is 10.3. The Kier molecular flexibility index (Phi) is 3.84. The minimum Gasteiger partial charge on any atom is -0.398 e. The molecule has 2 N–H and O–H groups in total. The van der Waals surface area contributed by atoms with Gasteiger partial charge in [0.25, 0.3) is 0 Å². The van der Waals surface area contributed by atoms with E-state index in [1.807, 2.05) is 6.92 Å². The maximum Gasteiger partial charge on any atom is 0.246 e. The Morgan fingerprint density at radius 2 is 2.22 bits per heavy atom. The van der Waals surface area contributed by atoms with Gasteiger partial charge in [-0.1, -0.05) is 24.6 Å². The number of anilines is 1. The van der Waals surface area contributed by atoms with Gasteiger partial charge in [-0.15, -0.1) is 0 Å². The number of hydrogen-bond acceptors (Lipinski definition) is 3. The molecule has 2 rings (SSSR count). The van der Waals surface area contributed by atoms with Crippen molar-refractivity contribution in [2.24, 2.45) is 0 Å². The van der Waals surface area contributed by atoms with Crippen molar-refractivity contribution in [3.05, 3.63) is 23.2 Å². The molecular formula is C12H17ClN2O2S. The Balaban J connectivity index is 2.49. The predicted octanol–water partition coefficient (Wildman–Crippen LogP) is 2.49. The molecule has 6 heteroatoms. The van der Waals surface area contributed by atoms with Gasteiger partial charge < -0.3 is 5.73 Å². The second-order valence-electron chi connectivity index (χ2n) is 4.48. The lowest BCUT2D eigenvalue weighted by Crippen LogP contribution is -2.35. The van der Waals surface area contributed by atoms with Crippen molar-refractivity contribution >= 4 is 27.3 Å². The highest BCUT2D eigenvalue weighted by Crippen LogP contribution is 2.34. The molecule has 4 nitrogen and oxygen atoms in total. The van der Waals surface area contributed by atoms with Gasteiger partial charge in [-0.2, -0.15) is 4.31 Å². The Labute approximate surface area is 113 Å². The van der Waals surface area contributed by atoms with E-state index < -0.39 is 10.0 Å². The molecule has 0 aromatic heterocycles. The number of benzene rings is 1. The molecule has 1 saturated heterocycles. The van der Waals surface area contributed by atoms with Crippen molar-refractivity contribution in [1.82, 2.24) is 4.31 Å². The second-order valence-corrected chi connectivity index (χ2v) is 6.71. The average molecular weight is 289 g/mol. The topological polar surface area (TPSA) is 63.4 Å². The summed E-state index contributed by atoms with van der Waals surface area (Å²) < 4.78 is 26.7. The summed E-state index contributed by atoms with van der Waals surface area (Å²) in [6.07, 6.45) is 2.60. The lowest BCUT2D eigenvalue weighted by atomic mass is 10.2. The fourth-order valence-corrected chi connectivity index (χ4v) is 4.85. The molecule has 1 unspecified atom stereocenters. The summed E-state index contributed by atoms with van der Waals surface area (Å²) in [5, 5.41) is 0.191. The number of sulfonamides is 1. The molecule has 1 aromatic rings. The van der Waals surface area contributed by atoms with Gasteiger partial charge in [-0.05, 0) is 31.4 Å². The third-order valence-electron chi connectivity index (χ3n) is 3.36. The number of halogens is 1. The molecule has 0 amide bonds. The van der Waals surface area contributed by atoms with Crippen LogP contribution in [0.15, 0.2) is 23.1 Å². The van der Waals surface area contributed by atoms with Crippen LogP contribution in [0.1, 0.15) is 26.2 Å². The molecule has 1 atom stereocenters. The smallest absolute Gasteiger partial charge is 0.246 e. The summed E-state index contributed by atoms with van der Waals surface area (Å²) >= 11 is 6.00. The molecule has 1 fully saturated rings. The van der Waals surface area contributed by atoms with Crippen molar-refractivity contribution in [1.29, 1.82) is 0 Å². The molecule has 0 bridgehead atoms. The maximum absolute atomic E-state index is 12.6. The molecule has 1 heterocycles. The highest BCUT2D eigenvalue weighted by atomic mass is 35.5. The number of nitrogen functional groups attached to an aromatic ring is 1. The number of nitrogens with two attached hydrogens (primary N) is 1. The van der Waals surface area contributed by atoms with Gasteiger partial charge in [-0.3, -0.25) is 0 Å². The molecule has 1 aliphatic heterocycles. The Morgan fingerprint density at radius 1 is 1.50 bits per heavy atom. The quantitative estimate of drug-likeness (QED) is 0.869. The van der Waals surface area contributed by atoms with Crippen LogP contribution in [0.2, 0.25) is 5.02 Å². The fourth-order valence-electron chi connectivity index (χ4n) is 2.45. The van der Waals surface area contributed by atoms with Crippen LogP contribution < -0.4 is 5.73 Å². The Bertz CT molecular complexity index is 525. The highest BCUT2D eigenvalue weighted by Gasteiger charge is 2.36. The van der Waals surface area contributed by atoms with E-state index in [0.717, 1.165) is 19.3 Å². The zero-order chi connectivity index (χ0) is 13.3. The van der Waals surface area contributed by atoms with E-state index in [4.69, 9.17) is 17.3 Å². The highest BCUT2D eigenvalue weighted by molar-refractivity contribution is 7.89. The van der Waals surface area contributed by atoms with Crippen molar-refractivity contribution in [2.75, 3.05) is 12.3 Å². The van der Waals surface area contributed by atoms with Gasteiger partial charge in [0, 0.05) is 12.6 Å². The summed E-state index contributed by atoms with van der Waals surface area (Å²) in [6, 6.07) is 4.83. The van der Waals surface area contributed by atoms with Crippen LogP contribution in [0, 0.1) is 0 Å². The Hall–Kier alpha value is -0.780. The number of rotatable bonds is 3. The molecule has 0 saturated carbocycles. The first-order valence-electron chi connectivity index (χ1n) is 6.04. The zero-order valence-corrected chi connectivity index (χ0v) is 11.8. The molecule has 100 valence electrons. The van der Waals surface area contributed by atoms with Crippen LogP contribution in [0.4, 0.5) is 5.69 Å². The van der Waals surface area contributed by atoms with Crippen LogP contribution in [-0.2, 0) is 10.0 Å². The van der Waals surface area contributed by atoms with E-state index in [2.05, 4.69) is 0 Å². The van der Waals surface area contributed by atoms with Crippen molar-refractivity contribution < 1.29 is 8.42 Å². The lowest BCUT2D eigenvalue weighted by Gasteiger charge is -2.24. The van der Waals surface area contributed by atoms with Crippen LogP contribution in [0.25, 0.3) is 0 Å². The molecule has 1 aliphatic rings. The van der Waals surface area contributed by atoms with Gasteiger partial charge >= 0.3 is 0 Å². The van der Waals surface area contributed by atoms with E-state index in [9.17, 15) is 8.42 Å². The van der Waals surface area contributed by atoms with Crippen molar-refractivity contribution in [2.45, 2.75) is 37.1 Å². The third kappa shape index (κ3) is 2.22. The molecular weight excluding hydrogens is 272 g/mol. The first-order chi connectivity index (χ1) is 8.48. The maximum atomic E-state index is 12.6. The van der Waals surface area contributed by atoms with Gasteiger partial charge in [-0.25, -0.2) is 8.42 Å². The molecule has 18 heavy (non-hydrogen) atoms. The average Bonchev–Trinajstić information content (AvgIpc) is 2.77. The molecule has 0 aliphatic carbocycles. The van der Waals surface area contributed by atoms with Gasteiger partial charge in [0.1, 0.15) is 4.90 Å². The lowest BCUT2D eigenvalue weighted by molar-refractivity contribution is 0.380. The number of nitrogens with zero attached hydrogens (tertiary/aromatic N) is 1. The molecule has 1 aromatic carbocycles. The van der Waals surface area contributed by atoms with E-state index in [1.165, 1.54) is 4.31 Å². The first-order valence-corrected chi connectivity index (χ1v) is 7.86. The minimum atomic E-state index is -3.58. The normalized spacial score (nSPS) is 21.3. The van der Waals surface area contributed by atoms with Crippen LogP contribution in [0.5, 0.6) is 0 Å². The van der Waals surface area contributed by atoms with Gasteiger partial charge in [0.15, 0.2) is 0 Å². The summed E-state index contributed by atoms with van der Waals surface area (Å²) in [4.78, 5) is 0.0482. The van der Waals surface area contributed by atoms with E-state index in [-0.39, 0.29) is 21.6 Å². The monoisotopic (exact) mass is 288 g/mol.